The third-order valence-electron chi connectivity index (χ3n) is 1.98. The monoisotopic (exact) mass is 364 g/mol. The molecule has 1 amide bonds. The largest absolute Gasteiger partial charge is 0.465 e. The van der Waals surface area contributed by atoms with Gasteiger partial charge in [0, 0.05) is 0 Å². The number of nitrogens with zero attached hydrogens (tertiary/aromatic N) is 1. The first kappa shape index (κ1) is 16.7. The zero-order valence-corrected chi connectivity index (χ0v) is 13.8. The van der Waals surface area contributed by atoms with E-state index >= 15 is 0 Å². The molecule has 1 heterocycles. The molecule has 1 rings (SSSR count). The lowest BCUT2D eigenvalue weighted by molar-refractivity contribution is 0.0601. The number of halogens is 2. The summed E-state index contributed by atoms with van der Waals surface area (Å²) in [5.41, 5.74) is -0.456. The van der Waals surface area contributed by atoms with Crippen LogP contribution in [0.4, 0.5) is 10.5 Å². The van der Waals surface area contributed by atoms with E-state index in [9.17, 15) is 9.59 Å². The number of carbonyl (C=O) groups excluding carboxylic acids is 2. The highest BCUT2D eigenvalue weighted by Gasteiger charge is 2.22. The van der Waals surface area contributed by atoms with Crippen molar-refractivity contribution in [3.05, 3.63) is 21.4 Å². The molecule has 0 radical (unpaired) electrons. The van der Waals surface area contributed by atoms with Crippen molar-refractivity contribution in [1.82, 2.24) is 4.98 Å². The van der Waals surface area contributed by atoms with E-state index in [0.29, 0.717) is 0 Å². The molecule has 0 fully saturated rings. The van der Waals surface area contributed by atoms with E-state index in [4.69, 9.17) is 16.3 Å². The van der Waals surface area contributed by atoms with Crippen LogP contribution in [-0.2, 0) is 9.47 Å². The van der Waals surface area contributed by atoms with Crippen molar-refractivity contribution >= 4 is 45.3 Å². The van der Waals surface area contributed by atoms with Crippen LogP contribution in [0.5, 0.6) is 0 Å². The van der Waals surface area contributed by atoms with Gasteiger partial charge < -0.3 is 9.47 Å². The lowest BCUT2D eigenvalue weighted by Crippen LogP contribution is -2.28. The van der Waals surface area contributed by atoms with Gasteiger partial charge in [0.25, 0.3) is 0 Å². The summed E-state index contributed by atoms with van der Waals surface area (Å²) in [6.07, 6.45) is -0.715. The first-order valence-corrected chi connectivity index (χ1v) is 6.75. The zero-order valence-electron chi connectivity index (χ0n) is 11.4. The summed E-state index contributed by atoms with van der Waals surface area (Å²) < 4.78 is 9.95. The van der Waals surface area contributed by atoms with E-state index in [1.807, 2.05) is 0 Å². The van der Waals surface area contributed by atoms with Crippen LogP contribution in [0.15, 0.2) is 10.7 Å². The predicted octanol–water partition coefficient (Wildman–Crippen LogP) is 3.63. The number of hydrogen-bond acceptors (Lipinski definition) is 5. The first-order valence-electron chi connectivity index (χ1n) is 5.58. The SMILES string of the molecule is COC(=O)c1cc(Cl)nc(Br)c1NC(=O)OC(C)(C)C. The molecule has 110 valence electrons. The molecule has 6 nitrogen and oxygen atoms in total. The normalized spacial score (nSPS) is 10.9. The van der Waals surface area contributed by atoms with Crippen molar-refractivity contribution in [2.75, 3.05) is 12.4 Å². The summed E-state index contributed by atoms with van der Waals surface area (Å²) in [5, 5.41) is 2.54. The van der Waals surface area contributed by atoms with Gasteiger partial charge in [-0.2, -0.15) is 0 Å². The average Bonchev–Trinajstić information content (AvgIpc) is 2.29. The Labute approximate surface area is 129 Å². The molecule has 8 heteroatoms. The number of esters is 1. The molecule has 0 bridgehead atoms. The van der Waals surface area contributed by atoms with Crippen LogP contribution in [0.3, 0.4) is 0 Å². The Morgan fingerprint density at radius 1 is 1.40 bits per heavy atom. The third kappa shape index (κ3) is 4.64. The Morgan fingerprint density at radius 3 is 2.50 bits per heavy atom. The van der Waals surface area contributed by atoms with Crippen LogP contribution in [0.25, 0.3) is 0 Å². The second-order valence-corrected chi connectivity index (χ2v) is 5.92. The molecular weight excluding hydrogens is 351 g/mol. The number of rotatable bonds is 2. The number of carbonyl (C=O) groups is 2. The van der Waals surface area contributed by atoms with Crippen molar-refractivity contribution in [2.24, 2.45) is 0 Å². The standard InChI is InChI=1S/C12H14BrClN2O4/c1-12(2,3)20-11(18)16-8-6(10(17)19-4)5-7(14)15-9(8)13/h5H,1-4H3,(H,16,18). The summed E-state index contributed by atoms with van der Waals surface area (Å²) >= 11 is 8.90. The minimum absolute atomic E-state index is 0.0743. The average molecular weight is 366 g/mol. The fourth-order valence-electron chi connectivity index (χ4n) is 1.28. The molecule has 0 unspecified atom stereocenters. The van der Waals surface area contributed by atoms with Gasteiger partial charge in [-0.25, -0.2) is 14.6 Å². The van der Waals surface area contributed by atoms with E-state index in [1.165, 1.54) is 13.2 Å². The highest BCUT2D eigenvalue weighted by Crippen LogP contribution is 2.28. The predicted molar refractivity (Wildman–Crippen MR) is 78.1 cm³/mol. The van der Waals surface area contributed by atoms with E-state index in [1.54, 1.807) is 20.8 Å². The second kappa shape index (κ2) is 6.41. The van der Waals surface area contributed by atoms with Gasteiger partial charge in [0.15, 0.2) is 0 Å². The van der Waals surface area contributed by atoms with Gasteiger partial charge in [-0.1, -0.05) is 11.6 Å². The van der Waals surface area contributed by atoms with Gasteiger partial charge in [0.1, 0.15) is 15.4 Å². The van der Waals surface area contributed by atoms with Crippen molar-refractivity contribution in [1.29, 1.82) is 0 Å². The van der Waals surface area contributed by atoms with Crippen LogP contribution in [-0.4, -0.2) is 29.8 Å². The van der Waals surface area contributed by atoms with Crippen LogP contribution in [0, 0.1) is 0 Å². The molecule has 20 heavy (non-hydrogen) atoms. The van der Waals surface area contributed by atoms with Crippen LogP contribution < -0.4 is 5.32 Å². The number of amides is 1. The molecule has 0 aliphatic carbocycles. The summed E-state index contributed by atoms with van der Waals surface area (Å²) in [4.78, 5) is 27.3. The fourth-order valence-corrected chi connectivity index (χ4v) is 2.08. The summed E-state index contributed by atoms with van der Waals surface area (Å²) in [6, 6.07) is 1.30. The minimum Gasteiger partial charge on any atom is -0.465 e. The van der Waals surface area contributed by atoms with Gasteiger partial charge in [0.2, 0.25) is 0 Å². The highest BCUT2D eigenvalue weighted by molar-refractivity contribution is 9.10. The minimum atomic E-state index is -0.715. The number of hydrogen-bond donors (Lipinski definition) is 1. The fraction of sp³-hybridized carbons (Fsp3) is 0.417. The number of anilines is 1. The Hall–Kier alpha value is -1.34. The third-order valence-corrected chi connectivity index (χ3v) is 2.74. The summed E-state index contributed by atoms with van der Waals surface area (Å²) in [7, 11) is 1.22. The van der Waals surface area contributed by atoms with E-state index in [2.05, 4.69) is 31.0 Å². The molecule has 0 atom stereocenters. The Morgan fingerprint density at radius 2 is 2.00 bits per heavy atom. The van der Waals surface area contributed by atoms with Crippen LogP contribution in [0.2, 0.25) is 5.15 Å². The summed E-state index contributed by atoms with van der Waals surface area (Å²) in [5.74, 6) is -0.652. The van der Waals surface area contributed by atoms with Gasteiger partial charge in [-0.05, 0) is 42.8 Å². The van der Waals surface area contributed by atoms with Gasteiger partial charge >= 0.3 is 12.1 Å². The van der Waals surface area contributed by atoms with Crippen LogP contribution >= 0.6 is 27.5 Å². The smallest absolute Gasteiger partial charge is 0.412 e. The topological polar surface area (TPSA) is 77.5 Å². The summed E-state index contributed by atoms with van der Waals surface area (Å²) in [6.45, 7) is 5.18. The highest BCUT2D eigenvalue weighted by atomic mass is 79.9. The molecule has 0 aliphatic heterocycles. The molecule has 1 aromatic rings. The lowest BCUT2D eigenvalue weighted by Gasteiger charge is -2.20. The Kier molecular flexibility index (Phi) is 5.35. The number of pyridine rings is 1. The number of ether oxygens (including phenoxy) is 2. The molecule has 1 aromatic heterocycles. The number of methoxy groups -OCH3 is 1. The van der Waals surface area contributed by atoms with Gasteiger partial charge in [0.05, 0.1) is 18.4 Å². The first-order chi connectivity index (χ1) is 9.14. The molecular formula is C12H14BrClN2O4. The molecule has 1 N–H and O–H groups in total. The van der Waals surface area contributed by atoms with E-state index in [0.717, 1.165) is 0 Å². The van der Waals surface area contributed by atoms with Crippen molar-refractivity contribution < 1.29 is 19.1 Å². The zero-order chi connectivity index (χ0) is 15.5. The molecule has 0 saturated carbocycles. The van der Waals surface area contributed by atoms with Crippen LogP contribution in [0.1, 0.15) is 31.1 Å². The maximum Gasteiger partial charge on any atom is 0.412 e. The molecule has 0 saturated heterocycles. The maximum atomic E-state index is 11.8. The van der Waals surface area contributed by atoms with E-state index < -0.39 is 17.7 Å². The van der Waals surface area contributed by atoms with Crippen molar-refractivity contribution in [3.63, 3.8) is 0 Å². The van der Waals surface area contributed by atoms with Gasteiger partial charge in [-0.15, -0.1) is 0 Å². The maximum absolute atomic E-state index is 11.8. The molecule has 0 aromatic carbocycles. The number of aromatic nitrogens is 1. The molecule has 0 aliphatic rings. The quantitative estimate of drug-likeness (QED) is 0.639. The lowest BCUT2D eigenvalue weighted by atomic mass is 10.2. The van der Waals surface area contributed by atoms with Crippen molar-refractivity contribution in [3.8, 4) is 0 Å². The molecule has 0 spiro atoms. The van der Waals surface area contributed by atoms with E-state index in [-0.39, 0.29) is 21.0 Å². The Balaban J connectivity index is 3.11. The second-order valence-electron chi connectivity index (χ2n) is 4.78. The van der Waals surface area contributed by atoms with Gasteiger partial charge in [-0.3, -0.25) is 5.32 Å². The number of nitrogens with one attached hydrogen (secondary N) is 1. The Bertz CT molecular complexity index is 543. The van der Waals surface area contributed by atoms with Crippen molar-refractivity contribution in [2.45, 2.75) is 26.4 Å².